The summed E-state index contributed by atoms with van der Waals surface area (Å²) in [7, 11) is 0. The number of benzene rings is 2. The first-order valence-electron chi connectivity index (χ1n) is 10.5. The number of piperidine rings is 1. The second kappa shape index (κ2) is 8.12. The molecular weight excluding hydrogens is 383 g/mol. The van der Waals surface area contributed by atoms with Gasteiger partial charge in [0.1, 0.15) is 11.3 Å². The van der Waals surface area contributed by atoms with E-state index in [1.165, 1.54) is 12.1 Å². The zero-order valence-electron chi connectivity index (χ0n) is 16.8. The van der Waals surface area contributed by atoms with Gasteiger partial charge in [0.25, 0.3) is 0 Å². The maximum Gasteiger partial charge on any atom is 0.125 e. The molecule has 1 aliphatic heterocycles. The molecule has 2 aromatic heterocycles. The van der Waals surface area contributed by atoms with Crippen LogP contribution in [0.3, 0.4) is 0 Å². The SMILES string of the molecule is OCc1ccc2nnn(CCCN3CCC(c4[nH]nc5cc(F)ccc45)CC3)c2c1. The normalized spacial score (nSPS) is 16.1. The van der Waals surface area contributed by atoms with Crippen LogP contribution in [0.15, 0.2) is 36.4 Å². The molecule has 30 heavy (non-hydrogen) atoms. The first kappa shape index (κ1) is 19.1. The predicted octanol–water partition coefficient (Wildman–Crippen LogP) is 3.21. The lowest BCUT2D eigenvalue weighted by Gasteiger charge is -2.31. The molecule has 5 rings (SSSR count). The molecule has 0 aliphatic carbocycles. The van der Waals surface area contributed by atoms with Gasteiger partial charge in [0.2, 0.25) is 0 Å². The van der Waals surface area contributed by atoms with Gasteiger partial charge < -0.3 is 10.0 Å². The molecule has 0 radical (unpaired) electrons. The summed E-state index contributed by atoms with van der Waals surface area (Å²) in [6, 6.07) is 10.6. The average molecular weight is 408 g/mol. The van der Waals surface area contributed by atoms with E-state index in [1.807, 2.05) is 28.9 Å². The van der Waals surface area contributed by atoms with Gasteiger partial charge in [-0.3, -0.25) is 5.10 Å². The third-order valence-corrected chi connectivity index (χ3v) is 6.15. The molecule has 1 fully saturated rings. The summed E-state index contributed by atoms with van der Waals surface area (Å²) in [4.78, 5) is 2.49. The standard InChI is InChI=1S/C22H25FN6O/c23-17-3-4-18-20(13-17)24-26-22(18)16-6-10-28(11-7-16)8-1-9-29-21-12-15(14-30)2-5-19(21)25-27-29/h2-5,12-13,16,30H,1,6-11,14H2,(H,24,26). The highest BCUT2D eigenvalue weighted by atomic mass is 19.1. The number of aryl methyl sites for hydroxylation is 1. The number of H-pyrrole nitrogens is 1. The number of fused-ring (bicyclic) bond motifs is 2. The predicted molar refractivity (Wildman–Crippen MR) is 113 cm³/mol. The minimum Gasteiger partial charge on any atom is -0.392 e. The Morgan fingerprint density at radius 3 is 2.77 bits per heavy atom. The molecule has 2 N–H and O–H groups in total. The molecule has 0 saturated carbocycles. The van der Waals surface area contributed by atoms with E-state index >= 15 is 0 Å². The molecule has 1 aliphatic rings. The highest BCUT2D eigenvalue weighted by Crippen LogP contribution is 2.31. The number of nitrogens with zero attached hydrogens (tertiary/aromatic N) is 5. The molecule has 8 heteroatoms. The number of nitrogens with one attached hydrogen (secondary N) is 1. The number of aliphatic hydroxyl groups is 1. The summed E-state index contributed by atoms with van der Waals surface area (Å²) in [5.74, 6) is 0.191. The summed E-state index contributed by atoms with van der Waals surface area (Å²) in [5, 5.41) is 26.3. The largest absolute Gasteiger partial charge is 0.392 e. The Balaban J connectivity index is 1.16. The number of aliphatic hydroxyl groups excluding tert-OH is 1. The van der Waals surface area contributed by atoms with Gasteiger partial charge in [-0.25, -0.2) is 9.07 Å². The van der Waals surface area contributed by atoms with E-state index < -0.39 is 0 Å². The van der Waals surface area contributed by atoms with Crippen molar-refractivity contribution in [1.29, 1.82) is 0 Å². The summed E-state index contributed by atoms with van der Waals surface area (Å²) in [6.07, 6.45) is 3.14. The summed E-state index contributed by atoms with van der Waals surface area (Å²) >= 11 is 0. The lowest BCUT2D eigenvalue weighted by Crippen LogP contribution is -2.34. The van der Waals surface area contributed by atoms with E-state index in [0.29, 0.717) is 11.4 Å². The topological polar surface area (TPSA) is 82.9 Å². The van der Waals surface area contributed by atoms with Gasteiger partial charge in [-0.15, -0.1) is 5.10 Å². The van der Waals surface area contributed by atoms with Crippen molar-refractivity contribution >= 4 is 21.9 Å². The van der Waals surface area contributed by atoms with Crippen molar-refractivity contribution in [3.63, 3.8) is 0 Å². The molecule has 7 nitrogen and oxygen atoms in total. The van der Waals surface area contributed by atoms with Crippen molar-refractivity contribution < 1.29 is 9.50 Å². The van der Waals surface area contributed by atoms with Gasteiger partial charge in [-0.1, -0.05) is 11.3 Å². The lowest BCUT2D eigenvalue weighted by molar-refractivity contribution is 0.205. The molecule has 0 amide bonds. The van der Waals surface area contributed by atoms with E-state index in [9.17, 15) is 9.50 Å². The van der Waals surface area contributed by atoms with Gasteiger partial charge in [-0.05, 0) is 68.7 Å². The smallest absolute Gasteiger partial charge is 0.125 e. The van der Waals surface area contributed by atoms with Crippen LogP contribution in [0, 0.1) is 5.82 Å². The van der Waals surface area contributed by atoms with Gasteiger partial charge in [0, 0.05) is 29.6 Å². The van der Waals surface area contributed by atoms with Gasteiger partial charge in [0.05, 0.1) is 17.6 Å². The Morgan fingerprint density at radius 2 is 1.93 bits per heavy atom. The molecule has 2 aromatic carbocycles. The Hall–Kier alpha value is -2.84. The highest BCUT2D eigenvalue weighted by Gasteiger charge is 2.23. The van der Waals surface area contributed by atoms with Crippen LogP contribution < -0.4 is 0 Å². The van der Waals surface area contributed by atoms with Crippen LogP contribution in [0.4, 0.5) is 4.39 Å². The summed E-state index contributed by atoms with van der Waals surface area (Å²) < 4.78 is 15.3. The van der Waals surface area contributed by atoms with Crippen molar-refractivity contribution in [2.45, 2.75) is 38.3 Å². The van der Waals surface area contributed by atoms with Crippen LogP contribution in [-0.4, -0.2) is 54.8 Å². The molecule has 156 valence electrons. The molecule has 0 atom stereocenters. The van der Waals surface area contributed by atoms with E-state index in [1.54, 1.807) is 0 Å². The molecule has 0 spiro atoms. The van der Waals surface area contributed by atoms with Crippen molar-refractivity contribution in [1.82, 2.24) is 30.1 Å². The first-order chi connectivity index (χ1) is 14.7. The van der Waals surface area contributed by atoms with Crippen molar-refractivity contribution in [2.75, 3.05) is 19.6 Å². The third-order valence-electron chi connectivity index (χ3n) is 6.15. The van der Waals surface area contributed by atoms with E-state index in [2.05, 4.69) is 25.4 Å². The third kappa shape index (κ3) is 3.68. The number of aromatic nitrogens is 5. The number of aromatic amines is 1. The Labute approximate surface area is 173 Å². The van der Waals surface area contributed by atoms with Crippen LogP contribution in [0.1, 0.15) is 36.4 Å². The van der Waals surface area contributed by atoms with Crippen molar-refractivity contribution in [3.05, 3.63) is 53.5 Å². The van der Waals surface area contributed by atoms with E-state index in [-0.39, 0.29) is 12.4 Å². The quantitative estimate of drug-likeness (QED) is 0.512. The number of likely N-dealkylation sites (tertiary alicyclic amines) is 1. The number of hydrogen-bond donors (Lipinski definition) is 2. The van der Waals surface area contributed by atoms with Gasteiger partial charge in [-0.2, -0.15) is 5.10 Å². The number of hydrogen-bond acceptors (Lipinski definition) is 5. The van der Waals surface area contributed by atoms with Crippen molar-refractivity contribution in [2.24, 2.45) is 0 Å². The molecule has 4 aromatic rings. The molecule has 3 heterocycles. The monoisotopic (exact) mass is 408 g/mol. The maximum absolute atomic E-state index is 13.4. The number of halogens is 1. The van der Waals surface area contributed by atoms with E-state index in [4.69, 9.17) is 0 Å². The zero-order chi connectivity index (χ0) is 20.5. The minimum absolute atomic E-state index is 0.0244. The fourth-order valence-corrected chi connectivity index (χ4v) is 4.48. The molecule has 0 bridgehead atoms. The van der Waals surface area contributed by atoms with Gasteiger partial charge >= 0.3 is 0 Å². The first-order valence-corrected chi connectivity index (χ1v) is 10.5. The van der Waals surface area contributed by atoms with Crippen LogP contribution in [-0.2, 0) is 13.2 Å². The minimum atomic E-state index is -0.247. The number of rotatable bonds is 6. The molecule has 0 unspecified atom stereocenters. The van der Waals surface area contributed by atoms with Crippen LogP contribution >= 0.6 is 0 Å². The zero-order valence-corrected chi connectivity index (χ0v) is 16.8. The Morgan fingerprint density at radius 1 is 1.07 bits per heavy atom. The fraction of sp³-hybridized carbons (Fsp3) is 0.409. The summed E-state index contributed by atoms with van der Waals surface area (Å²) in [5.41, 5.74) is 4.56. The van der Waals surface area contributed by atoms with Crippen molar-refractivity contribution in [3.8, 4) is 0 Å². The second-order valence-corrected chi connectivity index (χ2v) is 8.06. The second-order valence-electron chi connectivity index (χ2n) is 8.06. The van der Waals surface area contributed by atoms with Crippen LogP contribution in [0.2, 0.25) is 0 Å². The lowest BCUT2D eigenvalue weighted by atomic mass is 9.91. The summed E-state index contributed by atoms with van der Waals surface area (Å²) in [6.45, 7) is 3.93. The maximum atomic E-state index is 13.4. The average Bonchev–Trinajstić information content (AvgIpc) is 3.37. The van der Waals surface area contributed by atoms with Crippen LogP contribution in [0.25, 0.3) is 21.9 Å². The highest BCUT2D eigenvalue weighted by molar-refractivity contribution is 5.81. The van der Waals surface area contributed by atoms with Crippen LogP contribution in [0.5, 0.6) is 0 Å². The molecule has 1 saturated heterocycles. The van der Waals surface area contributed by atoms with E-state index in [0.717, 1.165) is 73.1 Å². The Bertz CT molecular complexity index is 1160. The van der Waals surface area contributed by atoms with Gasteiger partial charge in [0.15, 0.2) is 0 Å². The Kier molecular flexibility index (Phi) is 5.18. The molecular formula is C22H25FN6O. The fourth-order valence-electron chi connectivity index (χ4n) is 4.48.